The van der Waals surface area contributed by atoms with Gasteiger partial charge in [-0.15, -0.1) is 0 Å². The lowest BCUT2D eigenvalue weighted by Crippen LogP contribution is -1.91. The molecule has 9 aromatic rings. The molecule has 1 heteroatoms. The van der Waals surface area contributed by atoms with E-state index in [4.69, 9.17) is 12.6 Å². The van der Waals surface area contributed by atoms with Crippen LogP contribution in [0.4, 0.5) is 0 Å². The Morgan fingerprint density at radius 3 is 1.63 bits per heavy atom. The predicted molar refractivity (Wildman–Crippen MR) is 183 cm³/mol. The van der Waals surface area contributed by atoms with Gasteiger partial charge in [-0.3, -0.25) is 0 Å². The van der Waals surface area contributed by atoms with Crippen molar-refractivity contribution in [2.24, 2.45) is 0 Å². The summed E-state index contributed by atoms with van der Waals surface area (Å²) in [4.78, 5) is 0. The third-order valence-corrected chi connectivity index (χ3v) is 7.97. The van der Waals surface area contributed by atoms with Crippen LogP contribution in [0.25, 0.3) is 87.6 Å². The fourth-order valence-corrected chi connectivity index (χ4v) is 6.04. The lowest BCUT2D eigenvalue weighted by molar-refractivity contribution is 0.669. The summed E-state index contributed by atoms with van der Waals surface area (Å²) < 4.78 is 104. The average Bonchev–Trinajstić information content (AvgIpc) is 3.55. The zero-order valence-electron chi connectivity index (χ0n) is 33.6. The molecule has 0 saturated heterocycles. The highest BCUT2D eigenvalue weighted by atomic mass is 16.3. The molecular weight excluding hydrogens is 520 g/mol. The fourth-order valence-electron chi connectivity index (χ4n) is 6.04. The Bertz CT molecular complexity index is 3040. The van der Waals surface area contributed by atoms with E-state index in [1.54, 1.807) is 60.7 Å². The van der Waals surface area contributed by atoms with Gasteiger partial charge in [0.15, 0.2) is 0 Å². The van der Waals surface area contributed by atoms with E-state index < -0.39 is 30.2 Å². The summed E-state index contributed by atoms with van der Waals surface area (Å²) in [6.07, 6.45) is 0. The van der Waals surface area contributed by atoms with Gasteiger partial charge in [0.25, 0.3) is 0 Å². The van der Waals surface area contributed by atoms with Crippen molar-refractivity contribution in [2.75, 3.05) is 0 Å². The van der Waals surface area contributed by atoms with Crippen LogP contribution in [0.1, 0.15) is 15.1 Å². The minimum Gasteiger partial charge on any atom is -0.456 e. The standard InChI is InChI=1S/C42H26O/c1-2-10-30-25-32(22-19-27(30)9-1)42-36-14-5-3-12-34(36)41(35-13-4-6-15-37(35)42)29-20-17-28(18-21-29)31-23-24-40-38(26-31)33-11-7-8-16-39(33)43-40/h1-26H/i1D,2D,9D,10D,17D,18D,19D,20D,21D,22D,25D. The molecule has 0 fully saturated rings. The van der Waals surface area contributed by atoms with Crippen molar-refractivity contribution >= 4 is 54.3 Å². The summed E-state index contributed by atoms with van der Waals surface area (Å²) in [6.45, 7) is 0. The minimum atomic E-state index is -0.547. The molecule has 0 unspecified atom stereocenters. The molecule has 0 bridgehead atoms. The van der Waals surface area contributed by atoms with Gasteiger partial charge < -0.3 is 4.42 Å². The number of hydrogen-bond donors (Lipinski definition) is 0. The van der Waals surface area contributed by atoms with Gasteiger partial charge >= 0.3 is 0 Å². The Balaban J connectivity index is 1.36. The first-order valence-corrected chi connectivity index (χ1v) is 13.9. The summed E-state index contributed by atoms with van der Waals surface area (Å²) in [5.41, 5.74) is 2.89. The van der Waals surface area contributed by atoms with Crippen molar-refractivity contribution in [3.05, 3.63) is 157 Å². The van der Waals surface area contributed by atoms with Gasteiger partial charge in [0, 0.05) is 10.8 Å². The minimum absolute atomic E-state index is 0.00791. The average molecular weight is 558 g/mol. The molecule has 0 amide bonds. The number of hydrogen-bond acceptors (Lipinski definition) is 1. The smallest absolute Gasteiger partial charge is 0.135 e. The number of rotatable bonds is 3. The van der Waals surface area contributed by atoms with Crippen LogP contribution in [0.5, 0.6) is 0 Å². The van der Waals surface area contributed by atoms with Crippen molar-refractivity contribution < 1.29 is 19.5 Å². The summed E-state index contributed by atoms with van der Waals surface area (Å²) in [5, 5.41) is 3.35. The van der Waals surface area contributed by atoms with Crippen molar-refractivity contribution in [2.45, 2.75) is 0 Å². The van der Waals surface area contributed by atoms with Gasteiger partial charge in [-0.05, 0) is 89.9 Å². The first-order chi connectivity index (χ1) is 25.9. The Labute approximate surface area is 264 Å². The lowest BCUT2D eigenvalue weighted by Gasteiger charge is -2.18. The van der Waals surface area contributed by atoms with Crippen molar-refractivity contribution in [1.29, 1.82) is 0 Å². The second kappa shape index (κ2) is 9.44. The van der Waals surface area contributed by atoms with Crippen molar-refractivity contribution in [3.63, 3.8) is 0 Å². The highest BCUT2D eigenvalue weighted by molar-refractivity contribution is 6.21. The van der Waals surface area contributed by atoms with E-state index in [2.05, 4.69) is 0 Å². The molecule has 0 spiro atoms. The van der Waals surface area contributed by atoms with Gasteiger partial charge in [0.05, 0.1) is 15.1 Å². The molecule has 43 heavy (non-hydrogen) atoms. The van der Waals surface area contributed by atoms with Gasteiger partial charge in [-0.25, -0.2) is 0 Å². The van der Waals surface area contributed by atoms with Crippen LogP contribution in [0, 0.1) is 0 Å². The SMILES string of the molecule is [2H]c1c([2H])c(-c2c3ccccc3c(-c3c([2H])c([2H])c4c([2H])c([2H])c([2H])c([2H])c4c3[2H])c3ccccc23)c([2H])c([2H])c1-c1ccc2oc3ccccc3c2c1. The zero-order valence-corrected chi connectivity index (χ0v) is 22.6. The molecular formula is C42H26O. The van der Waals surface area contributed by atoms with E-state index in [9.17, 15) is 6.85 Å². The molecule has 9 rings (SSSR count). The maximum absolute atomic E-state index is 9.39. The first kappa shape index (κ1) is 15.5. The Morgan fingerprint density at radius 1 is 0.395 bits per heavy atom. The zero-order chi connectivity index (χ0) is 37.9. The van der Waals surface area contributed by atoms with Crippen LogP contribution < -0.4 is 0 Å². The Hall–Kier alpha value is -5.66. The lowest BCUT2D eigenvalue weighted by atomic mass is 9.85. The molecule has 0 radical (unpaired) electrons. The molecule has 1 nitrogen and oxygen atoms in total. The molecule has 0 atom stereocenters. The molecule has 200 valence electrons. The van der Waals surface area contributed by atoms with E-state index in [1.807, 2.05) is 30.3 Å². The van der Waals surface area contributed by atoms with E-state index >= 15 is 0 Å². The largest absolute Gasteiger partial charge is 0.456 e. The predicted octanol–water partition coefficient (Wildman–Crippen LogP) is 12.0. The molecule has 1 heterocycles. The highest BCUT2D eigenvalue weighted by Crippen LogP contribution is 2.44. The van der Waals surface area contributed by atoms with Crippen molar-refractivity contribution in [3.8, 4) is 33.4 Å². The second-order valence-electron chi connectivity index (χ2n) is 10.4. The van der Waals surface area contributed by atoms with Crippen LogP contribution in [-0.2, 0) is 0 Å². The van der Waals surface area contributed by atoms with Crippen molar-refractivity contribution in [1.82, 2.24) is 0 Å². The maximum atomic E-state index is 9.39. The fraction of sp³-hybridized carbons (Fsp3) is 0. The van der Waals surface area contributed by atoms with E-state index in [1.165, 1.54) is 0 Å². The number of furan rings is 1. The van der Waals surface area contributed by atoms with E-state index in [0.717, 1.165) is 10.8 Å². The monoisotopic (exact) mass is 557 g/mol. The van der Waals surface area contributed by atoms with Crippen LogP contribution in [0.2, 0.25) is 0 Å². The Kier molecular flexibility index (Phi) is 3.41. The quantitative estimate of drug-likeness (QED) is 0.197. The van der Waals surface area contributed by atoms with Crippen LogP contribution in [0.15, 0.2) is 162 Å². The van der Waals surface area contributed by atoms with Crippen LogP contribution in [-0.4, -0.2) is 0 Å². The highest BCUT2D eigenvalue weighted by Gasteiger charge is 2.17. The second-order valence-corrected chi connectivity index (χ2v) is 10.4. The van der Waals surface area contributed by atoms with Gasteiger partial charge in [0.2, 0.25) is 0 Å². The third-order valence-electron chi connectivity index (χ3n) is 7.97. The van der Waals surface area contributed by atoms with E-state index in [0.29, 0.717) is 49.4 Å². The van der Waals surface area contributed by atoms with Crippen LogP contribution in [0.3, 0.4) is 0 Å². The molecule has 8 aromatic carbocycles. The first-order valence-electron chi connectivity index (χ1n) is 19.4. The number of benzene rings is 8. The summed E-state index contributed by atoms with van der Waals surface area (Å²) in [6, 6.07) is 22.9. The molecule has 0 aliphatic rings. The molecule has 1 aromatic heterocycles. The summed E-state index contributed by atoms with van der Waals surface area (Å²) in [5.74, 6) is 0. The van der Waals surface area contributed by atoms with Crippen LogP contribution >= 0.6 is 0 Å². The number of fused-ring (bicyclic) bond motifs is 6. The molecule has 0 saturated carbocycles. The normalized spacial score (nSPS) is 15.3. The maximum Gasteiger partial charge on any atom is 0.135 e. The molecule has 0 aliphatic heterocycles. The number of para-hydroxylation sites is 1. The third kappa shape index (κ3) is 3.79. The molecule has 0 N–H and O–H groups in total. The van der Waals surface area contributed by atoms with Gasteiger partial charge in [0.1, 0.15) is 11.2 Å². The van der Waals surface area contributed by atoms with E-state index in [-0.39, 0.29) is 63.7 Å². The summed E-state index contributed by atoms with van der Waals surface area (Å²) >= 11 is 0. The Morgan fingerprint density at radius 2 is 0.930 bits per heavy atom. The van der Waals surface area contributed by atoms with Gasteiger partial charge in [-0.2, -0.15) is 0 Å². The topological polar surface area (TPSA) is 13.1 Å². The molecule has 0 aliphatic carbocycles. The summed E-state index contributed by atoms with van der Waals surface area (Å²) in [7, 11) is 0. The van der Waals surface area contributed by atoms with Gasteiger partial charge in [-0.1, -0.05) is 133 Å².